The van der Waals surface area contributed by atoms with E-state index in [1.165, 1.54) is 89.9 Å². The summed E-state index contributed by atoms with van der Waals surface area (Å²) in [6, 6.07) is 0. The molecule has 304 valence electrons. The molecular weight excluding hydrogens is 640 g/mol. The summed E-state index contributed by atoms with van der Waals surface area (Å²) in [4.78, 5) is 0. The van der Waals surface area contributed by atoms with E-state index < -0.39 is 12.6 Å². The predicted molar refractivity (Wildman–Crippen MR) is 215 cm³/mol. The van der Waals surface area contributed by atoms with E-state index >= 15 is 0 Å². The summed E-state index contributed by atoms with van der Waals surface area (Å²) in [7, 11) is 0. The van der Waals surface area contributed by atoms with Crippen LogP contribution >= 0.6 is 0 Å². The van der Waals surface area contributed by atoms with Crippen molar-refractivity contribution in [1.82, 2.24) is 0 Å². The van der Waals surface area contributed by atoms with Crippen molar-refractivity contribution in [2.45, 2.75) is 222 Å². The van der Waals surface area contributed by atoms with Crippen molar-refractivity contribution in [3.05, 3.63) is 23.0 Å². The Kier molecular flexibility index (Phi) is 37.2. The molecule has 0 radical (unpaired) electrons. The molecule has 0 aromatic heterocycles. The number of allylic oxidation sites excluding steroid dienone is 2. The summed E-state index contributed by atoms with van der Waals surface area (Å²) in [5.41, 5.74) is 0. The summed E-state index contributed by atoms with van der Waals surface area (Å²) < 4.78 is 45.4. The maximum Gasteiger partial charge on any atom is 0.223 e. The lowest BCUT2D eigenvalue weighted by Gasteiger charge is -2.30. The lowest BCUT2D eigenvalue weighted by molar-refractivity contribution is -0.242. The highest BCUT2D eigenvalue weighted by Crippen LogP contribution is 2.29. The molecule has 0 spiro atoms. The standard InChI is InChI=1S/C44H86O7/c1-9-17-21-23-25-27-29-31-35-39(45-13-5)41(47-15-7)43(49-37-33-19-11-3)51-44(50-38-34-20-12-4)42(48-16-8)40(46-14-6)36-32-30-28-26-24-22-18-10-2/h43-44H,9-38H2,1-8H3. The predicted octanol–water partition coefficient (Wildman–Crippen LogP) is 13.7. The lowest BCUT2D eigenvalue weighted by Crippen LogP contribution is -2.34. The van der Waals surface area contributed by atoms with Crippen LogP contribution in [0.25, 0.3) is 0 Å². The third-order valence-electron chi connectivity index (χ3n) is 9.01. The van der Waals surface area contributed by atoms with E-state index in [2.05, 4.69) is 27.7 Å². The van der Waals surface area contributed by atoms with E-state index in [1.807, 2.05) is 27.7 Å². The highest BCUT2D eigenvalue weighted by Gasteiger charge is 2.32. The molecule has 0 fully saturated rings. The Balaban J connectivity index is 6.43. The molecule has 0 aliphatic rings. The van der Waals surface area contributed by atoms with Crippen LogP contribution in [0.5, 0.6) is 0 Å². The second-order valence-corrected chi connectivity index (χ2v) is 13.7. The van der Waals surface area contributed by atoms with Gasteiger partial charge in [0, 0.05) is 12.8 Å². The number of ether oxygens (including phenoxy) is 7. The van der Waals surface area contributed by atoms with E-state index in [0.717, 1.165) is 75.7 Å². The van der Waals surface area contributed by atoms with E-state index in [0.29, 0.717) is 51.2 Å². The number of unbranched alkanes of at least 4 members (excludes halogenated alkanes) is 18. The summed E-state index contributed by atoms with van der Waals surface area (Å²) in [6.45, 7) is 20.2. The zero-order valence-electron chi connectivity index (χ0n) is 35.2. The quantitative estimate of drug-likeness (QED) is 0.0354. The minimum Gasteiger partial charge on any atom is -0.495 e. The van der Waals surface area contributed by atoms with Crippen molar-refractivity contribution in [3.63, 3.8) is 0 Å². The van der Waals surface area contributed by atoms with Crippen LogP contribution in [0.4, 0.5) is 0 Å². The second-order valence-electron chi connectivity index (χ2n) is 13.7. The molecule has 2 unspecified atom stereocenters. The summed E-state index contributed by atoms with van der Waals surface area (Å²) in [5, 5.41) is 0. The van der Waals surface area contributed by atoms with Gasteiger partial charge in [0.05, 0.1) is 39.6 Å². The van der Waals surface area contributed by atoms with E-state index in [4.69, 9.17) is 33.2 Å². The van der Waals surface area contributed by atoms with Crippen molar-refractivity contribution in [3.8, 4) is 0 Å². The molecule has 2 atom stereocenters. The molecule has 0 saturated carbocycles. The van der Waals surface area contributed by atoms with Crippen LogP contribution < -0.4 is 0 Å². The maximum atomic E-state index is 6.89. The van der Waals surface area contributed by atoms with Gasteiger partial charge in [-0.3, -0.25) is 0 Å². The minimum atomic E-state index is -0.796. The fourth-order valence-corrected chi connectivity index (χ4v) is 6.14. The van der Waals surface area contributed by atoms with Gasteiger partial charge in [-0.15, -0.1) is 0 Å². The fourth-order valence-electron chi connectivity index (χ4n) is 6.14. The Morgan fingerprint density at radius 2 is 0.627 bits per heavy atom. The van der Waals surface area contributed by atoms with Crippen LogP contribution in [-0.4, -0.2) is 52.2 Å². The molecule has 0 aromatic rings. The normalized spacial score (nSPS) is 13.8. The second kappa shape index (κ2) is 38.3. The lowest BCUT2D eigenvalue weighted by atomic mass is 10.1. The molecule has 51 heavy (non-hydrogen) atoms. The SMILES string of the molecule is CCCCCCCCCCC(OCC)=C(OCC)C(OCCCCC)OC(OCCCCC)C(OCC)=C(CCCCCCCCCC)OCC. The minimum absolute atomic E-state index is 0.486. The average molecular weight is 727 g/mol. The number of rotatable bonds is 40. The Morgan fingerprint density at radius 3 is 0.941 bits per heavy atom. The molecule has 0 aliphatic carbocycles. The van der Waals surface area contributed by atoms with Gasteiger partial charge >= 0.3 is 0 Å². The van der Waals surface area contributed by atoms with Gasteiger partial charge in [0.2, 0.25) is 12.6 Å². The summed E-state index contributed by atoms with van der Waals surface area (Å²) in [6.07, 6.45) is 26.3. The molecule has 0 aromatic carbocycles. The van der Waals surface area contributed by atoms with Gasteiger partial charge in [-0.1, -0.05) is 143 Å². The van der Waals surface area contributed by atoms with Gasteiger partial charge in [0.1, 0.15) is 11.5 Å². The first kappa shape index (κ1) is 49.6. The maximum absolute atomic E-state index is 6.89. The third kappa shape index (κ3) is 26.9. The van der Waals surface area contributed by atoms with Crippen LogP contribution in [0, 0.1) is 0 Å². The zero-order chi connectivity index (χ0) is 37.6. The molecule has 0 N–H and O–H groups in total. The first-order valence-corrected chi connectivity index (χ1v) is 21.9. The van der Waals surface area contributed by atoms with E-state index in [9.17, 15) is 0 Å². The molecule has 0 aliphatic heterocycles. The van der Waals surface area contributed by atoms with Gasteiger partial charge in [-0.05, 0) is 53.4 Å². The summed E-state index contributed by atoms with van der Waals surface area (Å²) >= 11 is 0. The van der Waals surface area contributed by atoms with Gasteiger partial charge in [0.25, 0.3) is 0 Å². The van der Waals surface area contributed by atoms with Crippen molar-refractivity contribution in [2.24, 2.45) is 0 Å². The highest BCUT2D eigenvalue weighted by molar-refractivity contribution is 5.09. The Bertz CT molecular complexity index is 732. The largest absolute Gasteiger partial charge is 0.495 e. The molecule has 0 saturated heterocycles. The van der Waals surface area contributed by atoms with Crippen molar-refractivity contribution >= 4 is 0 Å². The molecule has 0 heterocycles. The van der Waals surface area contributed by atoms with Crippen LogP contribution in [-0.2, 0) is 33.2 Å². The van der Waals surface area contributed by atoms with Gasteiger partial charge < -0.3 is 33.2 Å². The first-order chi connectivity index (χ1) is 25.1. The van der Waals surface area contributed by atoms with Crippen LogP contribution in [0.15, 0.2) is 23.0 Å². The Labute approximate surface area is 317 Å². The average Bonchev–Trinajstić information content (AvgIpc) is 3.13. The monoisotopic (exact) mass is 727 g/mol. The van der Waals surface area contributed by atoms with Gasteiger partial charge in [-0.2, -0.15) is 0 Å². The van der Waals surface area contributed by atoms with E-state index in [-0.39, 0.29) is 0 Å². The van der Waals surface area contributed by atoms with Crippen LogP contribution in [0.3, 0.4) is 0 Å². The molecule has 7 nitrogen and oxygen atoms in total. The van der Waals surface area contributed by atoms with Crippen molar-refractivity contribution in [2.75, 3.05) is 39.6 Å². The smallest absolute Gasteiger partial charge is 0.223 e. The summed E-state index contributed by atoms with van der Waals surface area (Å²) in [5.74, 6) is 2.89. The van der Waals surface area contributed by atoms with Crippen LogP contribution in [0.1, 0.15) is 209 Å². The number of hydrogen-bond donors (Lipinski definition) is 0. The van der Waals surface area contributed by atoms with Gasteiger partial charge in [0.15, 0.2) is 11.5 Å². The molecular formula is C44H86O7. The van der Waals surface area contributed by atoms with Crippen molar-refractivity contribution in [1.29, 1.82) is 0 Å². The molecule has 0 amide bonds. The molecule has 0 rings (SSSR count). The highest BCUT2D eigenvalue weighted by atomic mass is 16.8. The topological polar surface area (TPSA) is 64.6 Å². The number of hydrogen-bond acceptors (Lipinski definition) is 7. The third-order valence-corrected chi connectivity index (χ3v) is 9.01. The Hall–Kier alpha value is -1.44. The zero-order valence-corrected chi connectivity index (χ0v) is 35.2. The Morgan fingerprint density at radius 1 is 0.333 bits per heavy atom. The van der Waals surface area contributed by atoms with Crippen LogP contribution in [0.2, 0.25) is 0 Å². The molecule has 0 bridgehead atoms. The van der Waals surface area contributed by atoms with Crippen molar-refractivity contribution < 1.29 is 33.2 Å². The van der Waals surface area contributed by atoms with E-state index in [1.54, 1.807) is 0 Å². The first-order valence-electron chi connectivity index (χ1n) is 21.9. The molecule has 7 heteroatoms. The van der Waals surface area contributed by atoms with Gasteiger partial charge in [-0.25, -0.2) is 0 Å². The fraction of sp³-hybridized carbons (Fsp3) is 0.909.